The summed E-state index contributed by atoms with van der Waals surface area (Å²) in [5.41, 5.74) is 6.22. The lowest BCUT2D eigenvalue weighted by atomic mass is 9.88. The van der Waals surface area contributed by atoms with Crippen LogP contribution in [-0.2, 0) is 4.74 Å². The Balaban J connectivity index is 1.94. The summed E-state index contributed by atoms with van der Waals surface area (Å²) in [5, 5.41) is 0. The molecular formula is C13H27N3O. The molecule has 2 rings (SSSR count). The molecule has 0 amide bonds. The Bertz CT molecular complexity index is 241. The summed E-state index contributed by atoms with van der Waals surface area (Å²) in [5.74, 6) is 0. The van der Waals surface area contributed by atoms with Crippen LogP contribution in [0.25, 0.3) is 0 Å². The third kappa shape index (κ3) is 2.81. The molecule has 0 aliphatic carbocycles. The maximum absolute atomic E-state index is 6.04. The fraction of sp³-hybridized carbons (Fsp3) is 1.00. The number of rotatable bonds is 4. The predicted molar refractivity (Wildman–Crippen MR) is 70.1 cm³/mol. The first-order valence-electron chi connectivity index (χ1n) is 6.87. The zero-order valence-corrected chi connectivity index (χ0v) is 11.3. The number of nitrogens with two attached hydrogens (primary N) is 1. The van der Waals surface area contributed by atoms with E-state index in [2.05, 4.69) is 23.9 Å². The molecule has 0 aromatic heterocycles. The van der Waals surface area contributed by atoms with Crippen molar-refractivity contribution < 1.29 is 4.74 Å². The molecule has 2 aliphatic heterocycles. The van der Waals surface area contributed by atoms with Crippen LogP contribution in [0.3, 0.4) is 0 Å². The minimum absolute atomic E-state index is 0.182. The van der Waals surface area contributed by atoms with Crippen molar-refractivity contribution in [3.8, 4) is 0 Å². The standard InChI is InChI=1S/C13H27N3O/c1-15-7-3-4-12(15)10-16(2)13(11-14)5-8-17-9-6-13/h12H,3-11,14H2,1-2H3. The van der Waals surface area contributed by atoms with Crippen LogP contribution in [0.1, 0.15) is 25.7 Å². The van der Waals surface area contributed by atoms with Crippen molar-refractivity contribution in [1.82, 2.24) is 9.80 Å². The van der Waals surface area contributed by atoms with E-state index < -0.39 is 0 Å². The number of likely N-dealkylation sites (tertiary alicyclic amines) is 1. The van der Waals surface area contributed by atoms with Crippen LogP contribution in [0, 0.1) is 0 Å². The number of nitrogens with zero attached hydrogens (tertiary/aromatic N) is 2. The fourth-order valence-electron chi connectivity index (χ4n) is 3.21. The van der Waals surface area contributed by atoms with Crippen molar-refractivity contribution in [3.63, 3.8) is 0 Å². The second kappa shape index (κ2) is 5.65. The zero-order valence-electron chi connectivity index (χ0n) is 11.3. The van der Waals surface area contributed by atoms with Gasteiger partial charge in [-0.05, 0) is 46.3 Å². The molecule has 0 aromatic rings. The van der Waals surface area contributed by atoms with Crippen molar-refractivity contribution in [2.75, 3.05) is 46.9 Å². The van der Waals surface area contributed by atoms with Crippen molar-refractivity contribution in [2.24, 2.45) is 5.73 Å². The molecule has 0 bridgehead atoms. The van der Waals surface area contributed by atoms with E-state index in [1.807, 2.05) is 0 Å². The highest BCUT2D eigenvalue weighted by Crippen LogP contribution is 2.27. The van der Waals surface area contributed by atoms with E-state index in [-0.39, 0.29) is 5.54 Å². The SMILES string of the molecule is CN1CCCC1CN(C)C1(CN)CCOCC1. The topological polar surface area (TPSA) is 41.7 Å². The summed E-state index contributed by atoms with van der Waals surface area (Å²) in [4.78, 5) is 4.99. The molecule has 0 saturated carbocycles. The van der Waals surface area contributed by atoms with Crippen LogP contribution in [0.15, 0.2) is 0 Å². The lowest BCUT2D eigenvalue weighted by molar-refractivity contribution is -0.0194. The van der Waals surface area contributed by atoms with Gasteiger partial charge >= 0.3 is 0 Å². The molecule has 2 saturated heterocycles. The van der Waals surface area contributed by atoms with Crippen molar-refractivity contribution in [3.05, 3.63) is 0 Å². The fourth-order valence-corrected chi connectivity index (χ4v) is 3.21. The monoisotopic (exact) mass is 241 g/mol. The van der Waals surface area contributed by atoms with Crippen LogP contribution in [-0.4, -0.2) is 68.3 Å². The molecule has 17 heavy (non-hydrogen) atoms. The second-order valence-corrected chi connectivity index (χ2v) is 5.70. The average Bonchev–Trinajstić information content (AvgIpc) is 2.76. The minimum atomic E-state index is 0.182. The smallest absolute Gasteiger partial charge is 0.0484 e. The van der Waals surface area contributed by atoms with Gasteiger partial charge in [0, 0.05) is 37.9 Å². The summed E-state index contributed by atoms with van der Waals surface area (Å²) in [6, 6.07) is 0.714. The summed E-state index contributed by atoms with van der Waals surface area (Å²) in [7, 11) is 4.48. The van der Waals surface area contributed by atoms with Gasteiger partial charge in [-0.3, -0.25) is 4.90 Å². The van der Waals surface area contributed by atoms with Gasteiger partial charge in [-0.25, -0.2) is 0 Å². The molecule has 4 nitrogen and oxygen atoms in total. The molecule has 2 N–H and O–H groups in total. The maximum atomic E-state index is 6.04. The minimum Gasteiger partial charge on any atom is -0.381 e. The number of likely N-dealkylation sites (N-methyl/N-ethyl adjacent to an activating group) is 2. The Morgan fingerprint density at radius 2 is 2.12 bits per heavy atom. The van der Waals surface area contributed by atoms with Gasteiger partial charge in [0.05, 0.1) is 0 Å². The Morgan fingerprint density at radius 3 is 2.65 bits per heavy atom. The zero-order chi connectivity index (χ0) is 12.3. The van der Waals surface area contributed by atoms with E-state index >= 15 is 0 Å². The van der Waals surface area contributed by atoms with Crippen LogP contribution < -0.4 is 5.73 Å². The van der Waals surface area contributed by atoms with E-state index in [0.29, 0.717) is 6.04 Å². The lowest BCUT2D eigenvalue weighted by Gasteiger charge is -2.45. The lowest BCUT2D eigenvalue weighted by Crippen LogP contribution is -2.57. The molecule has 2 fully saturated rings. The van der Waals surface area contributed by atoms with Gasteiger partial charge < -0.3 is 15.4 Å². The van der Waals surface area contributed by atoms with Crippen LogP contribution in [0.2, 0.25) is 0 Å². The molecule has 4 heteroatoms. The van der Waals surface area contributed by atoms with Crippen molar-refractivity contribution in [2.45, 2.75) is 37.3 Å². The highest BCUT2D eigenvalue weighted by Gasteiger charge is 2.37. The first-order valence-corrected chi connectivity index (χ1v) is 6.87. The summed E-state index contributed by atoms with van der Waals surface area (Å²) >= 11 is 0. The first kappa shape index (κ1) is 13.3. The number of hydrogen-bond acceptors (Lipinski definition) is 4. The maximum Gasteiger partial charge on any atom is 0.0484 e. The van der Waals surface area contributed by atoms with Crippen molar-refractivity contribution >= 4 is 0 Å². The molecule has 0 aromatic carbocycles. The second-order valence-electron chi connectivity index (χ2n) is 5.70. The number of hydrogen-bond donors (Lipinski definition) is 1. The summed E-state index contributed by atoms with van der Waals surface area (Å²) < 4.78 is 5.48. The normalized spacial score (nSPS) is 30.0. The van der Waals surface area contributed by atoms with Crippen molar-refractivity contribution in [1.29, 1.82) is 0 Å². The molecule has 100 valence electrons. The van der Waals surface area contributed by atoms with Gasteiger partial charge in [0.1, 0.15) is 0 Å². The van der Waals surface area contributed by atoms with Gasteiger partial charge in [0.2, 0.25) is 0 Å². The highest BCUT2D eigenvalue weighted by atomic mass is 16.5. The molecular weight excluding hydrogens is 214 g/mol. The van der Waals surface area contributed by atoms with Crippen LogP contribution in [0.4, 0.5) is 0 Å². The Morgan fingerprint density at radius 1 is 1.41 bits per heavy atom. The Labute approximate surface area is 105 Å². The third-order valence-corrected chi connectivity index (χ3v) is 4.77. The van der Waals surface area contributed by atoms with Crippen LogP contribution in [0.5, 0.6) is 0 Å². The Kier molecular flexibility index (Phi) is 4.42. The van der Waals surface area contributed by atoms with E-state index in [1.165, 1.54) is 19.4 Å². The largest absolute Gasteiger partial charge is 0.381 e. The van der Waals surface area contributed by atoms with E-state index in [1.54, 1.807) is 0 Å². The van der Waals surface area contributed by atoms with Gasteiger partial charge in [0.15, 0.2) is 0 Å². The van der Waals surface area contributed by atoms with E-state index in [0.717, 1.165) is 39.1 Å². The van der Waals surface area contributed by atoms with Gasteiger partial charge in [-0.2, -0.15) is 0 Å². The third-order valence-electron chi connectivity index (χ3n) is 4.77. The average molecular weight is 241 g/mol. The number of ether oxygens (including phenoxy) is 1. The summed E-state index contributed by atoms with van der Waals surface area (Å²) in [6.45, 7) is 4.87. The molecule has 2 aliphatic rings. The predicted octanol–water partition coefficient (Wildman–Crippen LogP) is 0.520. The molecule has 1 atom stereocenters. The van der Waals surface area contributed by atoms with E-state index in [4.69, 9.17) is 10.5 Å². The van der Waals surface area contributed by atoms with Gasteiger partial charge in [-0.1, -0.05) is 0 Å². The molecule has 2 heterocycles. The first-order chi connectivity index (χ1) is 8.18. The molecule has 0 radical (unpaired) electrons. The summed E-state index contributed by atoms with van der Waals surface area (Å²) in [6.07, 6.45) is 4.83. The molecule has 1 unspecified atom stereocenters. The Hall–Kier alpha value is -0.160. The quantitative estimate of drug-likeness (QED) is 0.779. The van der Waals surface area contributed by atoms with Gasteiger partial charge in [0.25, 0.3) is 0 Å². The van der Waals surface area contributed by atoms with E-state index in [9.17, 15) is 0 Å². The highest BCUT2D eigenvalue weighted by molar-refractivity contribution is 4.94. The van der Waals surface area contributed by atoms with Crippen LogP contribution >= 0.6 is 0 Å². The van der Waals surface area contributed by atoms with Gasteiger partial charge in [-0.15, -0.1) is 0 Å². The molecule has 0 spiro atoms.